The van der Waals surface area contributed by atoms with Gasteiger partial charge in [0.25, 0.3) is 0 Å². The van der Waals surface area contributed by atoms with Crippen molar-refractivity contribution in [2.24, 2.45) is 0 Å². The molecule has 0 saturated heterocycles. The molecule has 2 aromatic carbocycles. The molecule has 3 aromatic rings. The molecular formula is C14H13N3O. The van der Waals surface area contributed by atoms with E-state index in [2.05, 4.69) is 9.97 Å². The number of H-pyrrole nitrogens is 1. The number of benzene rings is 2. The number of aromatic amines is 1. The van der Waals surface area contributed by atoms with Crippen LogP contribution in [0.1, 0.15) is 0 Å². The van der Waals surface area contributed by atoms with Gasteiger partial charge in [-0.1, -0.05) is 0 Å². The summed E-state index contributed by atoms with van der Waals surface area (Å²) in [6, 6.07) is 13.4. The second-order valence-corrected chi connectivity index (χ2v) is 4.09. The fourth-order valence-electron chi connectivity index (χ4n) is 1.91. The number of nitrogen functional groups attached to an aromatic ring is 1. The number of nitrogens with one attached hydrogen (secondary N) is 1. The first-order valence-electron chi connectivity index (χ1n) is 5.66. The Morgan fingerprint density at radius 1 is 1.11 bits per heavy atom. The SMILES string of the molecule is COc1ccc(-c2nc3ccc(N)cc3[nH]2)cc1. The predicted octanol–water partition coefficient (Wildman–Crippen LogP) is 2.82. The lowest BCUT2D eigenvalue weighted by Gasteiger charge is -2.00. The van der Waals surface area contributed by atoms with Crippen molar-refractivity contribution in [2.45, 2.75) is 0 Å². The second-order valence-electron chi connectivity index (χ2n) is 4.09. The topological polar surface area (TPSA) is 63.9 Å². The summed E-state index contributed by atoms with van der Waals surface area (Å²) in [6.07, 6.45) is 0. The minimum atomic E-state index is 0.729. The van der Waals surface area contributed by atoms with Crippen molar-refractivity contribution >= 4 is 16.7 Å². The molecule has 0 aliphatic rings. The lowest BCUT2D eigenvalue weighted by atomic mass is 10.2. The van der Waals surface area contributed by atoms with Crippen molar-refractivity contribution in [1.82, 2.24) is 9.97 Å². The highest BCUT2D eigenvalue weighted by atomic mass is 16.5. The maximum Gasteiger partial charge on any atom is 0.138 e. The Labute approximate surface area is 104 Å². The van der Waals surface area contributed by atoms with Gasteiger partial charge >= 0.3 is 0 Å². The molecule has 3 N–H and O–H groups in total. The van der Waals surface area contributed by atoms with Crippen LogP contribution in [0.25, 0.3) is 22.4 Å². The number of hydrogen-bond donors (Lipinski definition) is 2. The van der Waals surface area contributed by atoms with Gasteiger partial charge in [0.1, 0.15) is 11.6 Å². The molecule has 0 spiro atoms. The van der Waals surface area contributed by atoms with Gasteiger partial charge in [-0.2, -0.15) is 0 Å². The molecule has 0 aliphatic heterocycles. The third-order valence-electron chi connectivity index (χ3n) is 2.87. The fourth-order valence-corrected chi connectivity index (χ4v) is 1.91. The molecule has 3 rings (SSSR count). The summed E-state index contributed by atoms with van der Waals surface area (Å²) in [4.78, 5) is 7.79. The number of aromatic nitrogens is 2. The summed E-state index contributed by atoms with van der Waals surface area (Å²) < 4.78 is 5.13. The minimum Gasteiger partial charge on any atom is -0.497 e. The maximum atomic E-state index is 5.75. The number of fused-ring (bicyclic) bond motifs is 1. The van der Waals surface area contributed by atoms with Crippen molar-refractivity contribution in [2.75, 3.05) is 12.8 Å². The first-order valence-corrected chi connectivity index (χ1v) is 5.66. The second kappa shape index (κ2) is 4.07. The van der Waals surface area contributed by atoms with Crippen LogP contribution >= 0.6 is 0 Å². The molecule has 0 unspecified atom stereocenters. The van der Waals surface area contributed by atoms with Crippen LogP contribution in [0.3, 0.4) is 0 Å². The van der Waals surface area contributed by atoms with E-state index in [1.54, 1.807) is 7.11 Å². The molecule has 0 atom stereocenters. The fraction of sp³-hybridized carbons (Fsp3) is 0.0714. The lowest BCUT2D eigenvalue weighted by molar-refractivity contribution is 0.415. The molecule has 0 bridgehead atoms. The van der Waals surface area contributed by atoms with Gasteiger partial charge in [0.05, 0.1) is 18.1 Å². The summed E-state index contributed by atoms with van der Waals surface area (Å²) in [5, 5.41) is 0. The Kier molecular flexibility index (Phi) is 2.41. The standard InChI is InChI=1S/C14H13N3O/c1-18-11-5-2-9(3-6-11)14-16-12-7-4-10(15)8-13(12)17-14/h2-8H,15H2,1H3,(H,16,17). The zero-order valence-electron chi connectivity index (χ0n) is 9.97. The van der Waals surface area contributed by atoms with Crippen LogP contribution in [0.5, 0.6) is 5.75 Å². The van der Waals surface area contributed by atoms with E-state index in [4.69, 9.17) is 10.5 Å². The largest absolute Gasteiger partial charge is 0.497 e. The highest BCUT2D eigenvalue weighted by Gasteiger charge is 2.05. The predicted molar refractivity (Wildman–Crippen MR) is 72.5 cm³/mol. The van der Waals surface area contributed by atoms with E-state index in [1.807, 2.05) is 42.5 Å². The molecule has 0 radical (unpaired) electrons. The molecule has 1 heterocycles. The molecule has 0 amide bonds. The van der Waals surface area contributed by atoms with E-state index in [0.29, 0.717) is 0 Å². The van der Waals surface area contributed by atoms with E-state index in [1.165, 1.54) is 0 Å². The van der Waals surface area contributed by atoms with Crippen LogP contribution in [-0.2, 0) is 0 Å². The van der Waals surface area contributed by atoms with Crippen LogP contribution < -0.4 is 10.5 Å². The van der Waals surface area contributed by atoms with Crippen LogP contribution in [-0.4, -0.2) is 17.1 Å². The van der Waals surface area contributed by atoms with Gasteiger partial charge < -0.3 is 15.5 Å². The van der Waals surface area contributed by atoms with Crippen molar-refractivity contribution < 1.29 is 4.74 Å². The average molecular weight is 239 g/mol. The van der Waals surface area contributed by atoms with Gasteiger partial charge in [-0.05, 0) is 42.5 Å². The maximum absolute atomic E-state index is 5.75. The van der Waals surface area contributed by atoms with Crippen molar-refractivity contribution in [3.63, 3.8) is 0 Å². The number of anilines is 1. The Morgan fingerprint density at radius 2 is 1.89 bits per heavy atom. The lowest BCUT2D eigenvalue weighted by Crippen LogP contribution is -1.83. The Balaban J connectivity index is 2.07. The van der Waals surface area contributed by atoms with E-state index < -0.39 is 0 Å². The number of methoxy groups -OCH3 is 1. The number of nitrogens with two attached hydrogens (primary N) is 1. The van der Waals surface area contributed by atoms with Gasteiger partial charge in [-0.3, -0.25) is 0 Å². The van der Waals surface area contributed by atoms with Crippen LogP contribution in [0, 0.1) is 0 Å². The molecule has 0 aliphatic carbocycles. The zero-order valence-corrected chi connectivity index (χ0v) is 9.97. The first-order chi connectivity index (χ1) is 8.76. The molecule has 4 heteroatoms. The van der Waals surface area contributed by atoms with Crippen LogP contribution in [0.15, 0.2) is 42.5 Å². The molecule has 18 heavy (non-hydrogen) atoms. The molecule has 0 saturated carbocycles. The Hall–Kier alpha value is -2.49. The Morgan fingerprint density at radius 3 is 2.61 bits per heavy atom. The van der Waals surface area contributed by atoms with Gasteiger partial charge in [0.15, 0.2) is 0 Å². The first kappa shape index (κ1) is 10.7. The number of rotatable bonds is 2. The van der Waals surface area contributed by atoms with E-state index in [-0.39, 0.29) is 0 Å². The summed E-state index contributed by atoms with van der Waals surface area (Å²) >= 11 is 0. The third kappa shape index (κ3) is 1.78. The zero-order chi connectivity index (χ0) is 12.5. The normalized spacial score (nSPS) is 10.7. The highest BCUT2D eigenvalue weighted by molar-refractivity contribution is 5.82. The summed E-state index contributed by atoms with van der Waals surface area (Å²) in [7, 11) is 1.65. The van der Waals surface area contributed by atoms with E-state index in [0.717, 1.165) is 33.9 Å². The smallest absolute Gasteiger partial charge is 0.138 e. The molecular weight excluding hydrogens is 226 g/mol. The van der Waals surface area contributed by atoms with Crippen LogP contribution in [0.2, 0.25) is 0 Å². The minimum absolute atomic E-state index is 0.729. The quantitative estimate of drug-likeness (QED) is 0.676. The van der Waals surface area contributed by atoms with Crippen LogP contribution in [0.4, 0.5) is 5.69 Å². The molecule has 1 aromatic heterocycles. The van der Waals surface area contributed by atoms with E-state index >= 15 is 0 Å². The number of hydrogen-bond acceptors (Lipinski definition) is 3. The van der Waals surface area contributed by atoms with Gasteiger partial charge in [0, 0.05) is 11.3 Å². The number of nitrogens with zero attached hydrogens (tertiary/aromatic N) is 1. The monoisotopic (exact) mass is 239 g/mol. The molecule has 4 nitrogen and oxygen atoms in total. The number of ether oxygens (including phenoxy) is 1. The van der Waals surface area contributed by atoms with Gasteiger partial charge in [-0.25, -0.2) is 4.98 Å². The molecule has 0 fully saturated rings. The third-order valence-corrected chi connectivity index (χ3v) is 2.87. The number of imidazole rings is 1. The molecule has 90 valence electrons. The summed E-state index contributed by atoms with van der Waals surface area (Å²) in [6.45, 7) is 0. The van der Waals surface area contributed by atoms with E-state index in [9.17, 15) is 0 Å². The summed E-state index contributed by atoms with van der Waals surface area (Å²) in [5.41, 5.74) is 9.35. The summed E-state index contributed by atoms with van der Waals surface area (Å²) in [5.74, 6) is 1.66. The van der Waals surface area contributed by atoms with Gasteiger partial charge in [-0.15, -0.1) is 0 Å². The van der Waals surface area contributed by atoms with Crippen molar-refractivity contribution in [1.29, 1.82) is 0 Å². The van der Waals surface area contributed by atoms with Gasteiger partial charge in [0.2, 0.25) is 0 Å². The Bertz CT molecular complexity index is 686. The van der Waals surface area contributed by atoms with Crippen molar-refractivity contribution in [3.8, 4) is 17.1 Å². The average Bonchev–Trinajstić information content (AvgIpc) is 2.81. The highest BCUT2D eigenvalue weighted by Crippen LogP contribution is 2.23. The van der Waals surface area contributed by atoms with Crippen molar-refractivity contribution in [3.05, 3.63) is 42.5 Å².